The van der Waals surface area contributed by atoms with Crippen molar-refractivity contribution in [1.29, 1.82) is 0 Å². The van der Waals surface area contributed by atoms with E-state index in [1.54, 1.807) is 19.1 Å². The van der Waals surface area contributed by atoms with Crippen LogP contribution in [-0.2, 0) is 10.0 Å². The summed E-state index contributed by atoms with van der Waals surface area (Å²) in [4.78, 5) is 0.172. The van der Waals surface area contributed by atoms with E-state index in [-0.39, 0.29) is 17.4 Å². The van der Waals surface area contributed by atoms with Crippen LogP contribution in [0.1, 0.15) is 37.7 Å². The van der Waals surface area contributed by atoms with Crippen LogP contribution >= 0.6 is 11.6 Å². The summed E-state index contributed by atoms with van der Waals surface area (Å²) in [6, 6.07) is 4.80. The van der Waals surface area contributed by atoms with E-state index in [1.807, 2.05) is 0 Å². The van der Waals surface area contributed by atoms with Crippen molar-refractivity contribution >= 4 is 21.6 Å². The highest BCUT2D eigenvalue weighted by Crippen LogP contribution is 2.27. The van der Waals surface area contributed by atoms with Crippen LogP contribution in [0.2, 0.25) is 5.02 Å². The van der Waals surface area contributed by atoms with Crippen molar-refractivity contribution < 1.29 is 13.5 Å². The quantitative estimate of drug-likeness (QED) is 0.871. The second-order valence-electron chi connectivity index (χ2n) is 5.68. The van der Waals surface area contributed by atoms with Crippen LogP contribution < -0.4 is 4.72 Å². The Balaban J connectivity index is 2.02. The lowest BCUT2D eigenvalue weighted by Gasteiger charge is -2.26. The predicted molar refractivity (Wildman–Crippen MR) is 84.0 cm³/mol. The molecular weight excluding hydrogens is 310 g/mol. The van der Waals surface area contributed by atoms with Gasteiger partial charge in [-0.15, -0.1) is 0 Å². The topological polar surface area (TPSA) is 66.4 Å². The molecule has 1 unspecified atom stereocenters. The fourth-order valence-corrected chi connectivity index (χ4v) is 4.38. The summed E-state index contributed by atoms with van der Waals surface area (Å²) in [7, 11) is -3.64. The molecule has 1 saturated carbocycles. The van der Waals surface area contributed by atoms with Gasteiger partial charge in [-0.2, -0.15) is 0 Å². The number of nitrogens with one attached hydrogen (secondary N) is 1. The van der Waals surface area contributed by atoms with Crippen molar-refractivity contribution in [3.63, 3.8) is 0 Å². The third-order valence-corrected chi connectivity index (χ3v) is 6.16. The normalized spacial score (nSPS) is 18.6. The molecule has 0 saturated heterocycles. The van der Waals surface area contributed by atoms with Gasteiger partial charge >= 0.3 is 0 Å². The van der Waals surface area contributed by atoms with Crippen molar-refractivity contribution in [1.82, 2.24) is 4.72 Å². The van der Waals surface area contributed by atoms with Crippen molar-refractivity contribution in [2.45, 2.75) is 50.0 Å². The van der Waals surface area contributed by atoms with Gasteiger partial charge in [0, 0.05) is 11.6 Å². The summed E-state index contributed by atoms with van der Waals surface area (Å²) in [6.45, 7) is 1.73. The molecule has 118 valence electrons. The zero-order valence-corrected chi connectivity index (χ0v) is 13.8. The standard InChI is InChI=1S/C15H22ClNO3S/c1-11-13(16)8-5-9-15(11)21(19,20)17-10-14(18)12-6-3-2-4-7-12/h5,8-9,12,14,17-18H,2-4,6-7,10H2,1H3. The zero-order chi connectivity index (χ0) is 15.5. The highest BCUT2D eigenvalue weighted by Gasteiger charge is 2.24. The van der Waals surface area contributed by atoms with Crippen LogP contribution in [0, 0.1) is 12.8 Å². The number of rotatable bonds is 5. The van der Waals surface area contributed by atoms with Crippen molar-refractivity contribution in [3.05, 3.63) is 28.8 Å². The summed E-state index contributed by atoms with van der Waals surface area (Å²) in [5.74, 6) is 0.196. The van der Waals surface area contributed by atoms with Crippen molar-refractivity contribution in [2.24, 2.45) is 5.92 Å². The van der Waals surface area contributed by atoms with Gasteiger partial charge in [-0.05, 0) is 43.4 Å². The number of hydrogen-bond acceptors (Lipinski definition) is 3. The maximum Gasteiger partial charge on any atom is 0.240 e. The lowest BCUT2D eigenvalue weighted by molar-refractivity contribution is 0.0888. The number of halogens is 1. The minimum atomic E-state index is -3.64. The molecular formula is C15H22ClNO3S. The molecule has 0 aliphatic heterocycles. The minimum absolute atomic E-state index is 0.0545. The van der Waals surface area contributed by atoms with Gasteiger partial charge in [0.25, 0.3) is 0 Å². The SMILES string of the molecule is Cc1c(Cl)cccc1S(=O)(=O)NCC(O)C1CCCCC1. The molecule has 0 aromatic heterocycles. The smallest absolute Gasteiger partial charge is 0.240 e. The Morgan fingerprint density at radius 2 is 2.00 bits per heavy atom. The average molecular weight is 332 g/mol. The molecule has 0 amide bonds. The van der Waals surface area contributed by atoms with E-state index in [2.05, 4.69) is 4.72 Å². The van der Waals surface area contributed by atoms with Gasteiger partial charge in [0.15, 0.2) is 0 Å². The van der Waals surface area contributed by atoms with Gasteiger partial charge in [-0.1, -0.05) is 36.9 Å². The molecule has 2 rings (SSSR count). The first-order valence-corrected chi connectivity index (χ1v) is 9.21. The fourth-order valence-electron chi connectivity index (χ4n) is 2.84. The largest absolute Gasteiger partial charge is 0.391 e. The molecule has 1 aromatic carbocycles. The van der Waals surface area contributed by atoms with Crippen LogP contribution in [0.15, 0.2) is 23.1 Å². The molecule has 6 heteroatoms. The first-order valence-electron chi connectivity index (χ1n) is 7.34. The average Bonchev–Trinajstić information content (AvgIpc) is 2.48. The molecule has 2 N–H and O–H groups in total. The number of aliphatic hydroxyl groups excluding tert-OH is 1. The lowest BCUT2D eigenvalue weighted by atomic mass is 9.85. The highest BCUT2D eigenvalue weighted by molar-refractivity contribution is 7.89. The van der Waals surface area contributed by atoms with Crippen molar-refractivity contribution in [2.75, 3.05) is 6.54 Å². The Labute approximate surface area is 131 Å². The lowest BCUT2D eigenvalue weighted by Crippen LogP contribution is -2.37. The molecule has 1 aliphatic rings. The number of sulfonamides is 1. The van der Waals surface area contributed by atoms with E-state index < -0.39 is 16.1 Å². The summed E-state index contributed by atoms with van der Waals surface area (Å²) < 4.78 is 27.1. The second-order valence-corrected chi connectivity index (χ2v) is 7.82. The summed E-state index contributed by atoms with van der Waals surface area (Å²) in [5, 5.41) is 10.6. The Bertz CT molecular complexity index is 583. The van der Waals surface area contributed by atoms with E-state index in [4.69, 9.17) is 11.6 Å². The Morgan fingerprint density at radius 3 is 2.67 bits per heavy atom. The van der Waals surface area contributed by atoms with Gasteiger partial charge in [-0.3, -0.25) is 0 Å². The maximum absolute atomic E-state index is 12.3. The van der Waals surface area contributed by atoms with E-state index in [9.17, 15) is 13.5 Å². The van der Waals surface area contributed by atoms with Crippen LogP contribution in [0.4, 0.5) is 0 Å². The van der Waals surface area contributed by atoms with Gasteiger partial charge in [0.05, 0.1) is 11.0 Å². The van der Waals surface area contributed by atoms with Crippen LogP contribution in [0.3, 0.4) is 0 Å². The third kappa shape index (κ3) is 4.19. The maximum atomic E-state index is 12.3. The highest BCUT2D eigenvalue weighted by atomic mass is 35.5. The molecule has 0 bridgehead atoms. The number of hydrogen-bond donors (Lipinski definition) is 2. The van der Waals surface area contributed by atoms with Gasteiger partial charge in [-0.25, -0.2) is 13.1 Å². The number of aliphatic hydroxyl groups is 1. The molecule has 1 aromatic rings. The van der Waals surface area contributed by atoms with Crippen LogP contribution in [0.25, 0.3) is 0 Å². The van der Waals surface area contributed by atoms with E-state index in [1.165, 1.54) is 12.5 Å². The van der Waals surface area contributed by atoms with E-state index in [0.29, 0.717) is 10.6 Å². The first kappa shape index (κ1) is 16.7. The molecule has 21 heavy (non-hydrogen) atoms. The van der Waals surface area contributed by atoms with Crippen molar-refractivity contribution in [3.8, 4) is 0 Å². The summed E-state index contributed by atoms with van der Waals surface area (Å²) in [5.41, 5.74) is 0.527. The molecule has 1 aliphatic carbocycles. The molecule has 4 nitrogen and oxygen atoms in total. The third-order valence-electron chi connectivity index (χ3n) is 4.18. The zero-order valence-electron chi connectivity index (χ0n) is 12.2. The fraction of sp³-hybridized carbons (Fsp3) is 0.600. The Hall–Kier alpha value is -0.620. The molecule has 1 atom stereocenters. The molecule has 0 spiro atoms. The van der Waals surface area contributed by atoms with E-state index in [0.717, 1.165) is 25.7 Å². The van der Waals surface area contributed by atoms with E-state index >= 15 is 0 Å². The number of benzene rings is 1. The van der Waals surface area contributed by atoms with Gasteiger partial charge in [0.1, 0.15) is 0 Å². The Morgan fingerprint density at radius 1 is 1.33 bits per heavy atom. The second kappa shape index (κ2) is 7.09. The van der Waals surface area contributed by atoms with Crippen LogP contribution in [0.5, 0.6) is 0 Å². The van der Waals surface area contributed by atoms with Gasteiger partial charge < -0.3 is 5.11 Å². The minimum Gasteiger partial charge on any atom is -0.391 e. The molecule has 0 radical (unpaired) electrons. The Kier molecular flexibility index (Phi) is 5.66. The predicted octanol–water partition coefficient (Wildman–Crippen LogP) is 2.87. The summed E-state index contributed by atoms with van der Waals surface area (Å²) >= 11 is 5.96. The van der Waals surface area contributed by atoms with Crippen LogP contribution in [-0.4, -0.2) is 26.2 Å². The molecule has 0 heterocycles. The monoisotopic (exact) mass is 331 g/mol. The van der Waals surface area contributed by atoms with Gasteiger partial charge in [0.2, 0.25) is 10.0 Å². The first-order chi connectivity index (χ1) is 9.92. The molecule has 1 fully saturated rings. The summed E-state index contributed by atoms with van der Waals surface area (Å²) in [6.07, 6.45) is 4.75.